The van der Waals surface area contributed by atoms with Crippen molar-refractivity contribution in [1.82, 2.24) is 5.32 Å². The van der Waals surface area contributed by atoms with Crippen molar-refractivity contribution in [2.24, 2.45) is 0 Å². The number of nitrogen functional groups attached to an aromatic ring is 1. The first-order valence-electron chi connectivity index (χ1n) is 4.51. The molecule has 3 nitrogen and oxygen atoms in total. The maximum atomic E-state index is 12.9. The molecule has 1 rings (SSSR count). The van der Waals surface area contributed by atoms with Crippen LogP contribution in [-0.4, -0.2) is 18.2 Å². The fourth-order valence-electron chi connectivity index (χ4n) is 0.977. The number of carbonyl (C=O) groups excluding carboxylic acids is 1. The summed E-state index contributed by atoms with van der Waals surface area (Å²) in [7, 11) is 0. The van der Waals surface area contributed by atoms with Gasteiger partial charge in [0.05, 0.1) is 12.3 Å². The van der Waals surface area contributed by atoms with Crippen molar-refractivity contribution in [3.8, 4) is 12.3 Å². The van der Waals surface area contributed by atoms with Crippen LogP contribution < -0.4 is 11.1 Å². The Morgan fingerprint density at radius 1 is 1.62 bits per heavy atom. The lowest BCUT2D eigenvalue weighted by molar-refractivity contribution is -0.118. The Bertz CT molecular complexity index is 428. The van der Waals surface area contributed by atoms with Crippen molar-refractivity contribution < 1.29 is 9.18 Å². The van der Waals surface area contributed by atoms with Crippen LogP contribution in [0.25, 0.3) is 0 Å². The quantitative estimate of drug-likeness (QED) is 0.471. The fourth-order valence-corrected chi connectivity index (χ4v) is 1.80. The number of carbonyl (C=O) groups is 1. The number of amides is 1. The van der Waals surface area contributed by atoms with E-state index in [9.17, 15) is 9.18 Å². The van der Waals surface area contributed by atoms with Gasteiger partial charge in [0.2, 0.25) is 5.91 Å². The summed E-state index contributed by atoms with van der Waals surface area (Å²) in [6, 6.07) is 4.04. The highest BCUT2D eigenvalue weighted by Crippen LogP contribution is 2.25. The molecule has 0 saturated carbocycles. The zero-order chi connectivity index (χ0) is 12.0. The van der Waals surface area contributed by atoms with Crippen molar-refractivity contribution >= 4 is 23.4 Å². The minimum atomic E-state index is -0.374. The Morgan fingerprint density at radius 3 is 3.06 bits per heavy atom. The van der Waals surface area contributed by atoms with Gasteiger partial charge in [0.1, 0.15) is 5.82 Å². The number of anilines is 1. The minimum Gasteiger partial charge on any atom is -0.398 e. The average molecular weight is 238 g/mol. The lowest BCUT2D eigenvalue weighted by atomic mass is 10.3. The molecule has 0 aliphatic rings. The van der Waals surface area contributed by atoms with Gasteiger partial charge in [-0.15, -0.1) is 18.2 Å². The summed E-state index contributed by atoms with van der Waals surface area (Å²) < 4.78 is 12.9. The Kier molecular flexibility index (Phi) is 4.67. The van der Waals surface area contributed by atoms with E-state index in [0.717, 1.165) is 0 Å². The SMILES string of the molecule is C#CCNC(=O)CSc1cc(F)ccc1N. The van der Waals surface area contributed by atoms with Crippen LogP contribution in [0.2, 0.25) is 0 Å². The summed E-state index contributed by atoms with van der Waals surface area (Å²) in [5.74, 6) is 1.88. The maximum absolute atomic E-state index is 12.9. The van der Waals surface area contributed by atoms with Crippen LogP contribution in [0.1, 0.15) is 0 Å². The van der Waals surface area contributed by atoms with E-state index in [2.05, 4.69) is 11.2 Å². The van der Waals surface area contributed by atoms with E-state index in [1.165, 1.54) is 30.0 Å². The minimum absolute atomic E-state index is 0.162. The Morgan fingerprint density at radius 2 is 2.38 bits per heavy atom. The van der Waals surface area contributed by atoms with Crippen molar-refractivity contribution in [2.75, 3.05) is 18.0 Å². The standard InChI is InChI=1S/C11H11FN2OS/c1-2-5-14-11(15)7-16-10-6-8(12)3-4-9(10)13/h1,3-4,6H,5,7,13H2,(H,14,15). The van der Waals surface area contributed by atoms with E-state index < -0.39 is 0 Å². The summed E-state index contributed by atoms with van der Waals surface area (Å²) >= 11 is 1.17. The molecule has 0 aliphatic carbocycles. The number of hydrogen-bond acceptors (Lipinski definition) is 3. The maximum Gasteiger partial charge on any atom is 0.231 e. The summed E-state index contributed by atoms with van der Waals surface area (Å²) in [6.45, 7) is 0.192. The number of hydrogen-bond donors (Lipinski definition) is 2. The third kappa shape index (κ3) is 3.83. The Hall–Kier alpha value is -1.67. The Balaban J connectivity index is 2.51. The van der Waals surface area contributed by atoms with Gasteiger partial charge in [-0.05, 0) is 18.2 Å². The van der Waals surface area contributed by atoms with Crippen molar-refractivity contribution in [3.63, 3.8) is 0 Å². The first-order valence-corrected chi connectivity index (χ1v) is 5.50. The zero-order valence-electron chi connectivity index (χ0n) is 8.50. The normalized spacial score (nSPS) is 9.50. The first kappa shape index (κ1) is 12.4. The largest absolute Gasteiger partial charge is 0.398 e. The second-order valence-corrected chi connectivity index (χ2v) is 3.97. The Labute approximate surface area is 97.6 Å². The van der Waals surface area contributed by atoms with E-state index in [0.29, 0.717) is 10.6 Å². The average Bonchev–Trinajstić information content (AvgIpc) is 2.27. The summed E-state index contributed by atoms with van der Waals surface area (Å²) in [4.78, 5) is 11.8. The van der Waals surface area contributed by atoms with E-state index in [4.69, 9.17) is 12.2 Å². The van der Waals surface area contributed by atoms with Crippen LogP contribution in [0.4, 0.5) is 10.1 Å². The second-order valence-electron chi connectivity index (χ2n) is 2.95. The number of nitrogens with two attached hydrogens (primary N) is 1. The molecule has 16 heavy (non-hydrogen) atoms. The van der Waals surface area contributed by atoms with Gasteiger partial charge < -0.3 is 11.1 Å². The number of halogens is 1. The van der Waals surface area contributed by atoms with E-state index in [1.807, 2.05) is 0 Å². The predicted molar refractivity (Wildman–Crippen MR) is 63.4 cm³/mol. The molecule has 3 N–H and O–H groups in total. The lowest BCUT2D eigenvalue weighted by Gasteiger charge is -2.05. The third-order valence-corrected chi connectivity index (χ3v) is 2.79. The molecule has 0 aliphatic heterocycles. The van der Waals surface area contributed by atoms with Gasteiger partial charge in [-0.1, -0.05) is 5.92 Å². The molecule has 1 aromatic carbocycles. The third-order valence-electron chi connectivity index (χ3n) is 1.72. The second kappa shape index (κ2) is 6.03. The van der Waals surface area contributed by atoms with Gasteiger partial charge in [-0.3, -0.25) is 4.79 Å². The van der Waals surface area contributed by atoms with Crippen LogP contribution in [0.3, 0.4) is 0 Å². The monoisotopic (exact) mass is 238 g/mol. The van der Waals surface area contributed by atoms with Gasteiger partial charge >= 0.3 is 0 Å². The summed E-state index contributed by atoms with van der Waals surface area (Å²) in [5, 5.41) is 2.51. The van der Waals surface area contributed by atoms with Crippen LogP contribution >= 0.6 is 11.8 Å². The molecule has 1 amide bonds. The molecular formula is C11H11FN2OS. The molecule has 1 aromatic rings. The van der Waals surface area contributed by atoms with Gasteiger partial charge in [-0.2, -0.15) is 0 Å². The highest BCUT2D eigenvalue weighted by atomic mass is 32.2. The molecule has 0 spiro atoms. The first-order chi connectivity index (χ1) is 7.63. The summed E-state index contributed by atoms with van der Waals surface area (Å²) in [6.07, 6.45) is 4.99. The summed E-state index contributed by atoms with van der Waals surface area (Å²) in [5.41, 5.74) is 6.08. The van der Waals surface area contributed by atoms with Gasteiger partial charge in [0.15, 0.2) is 0 Å². The van der Waals surface area contributed by atoms with Crippen molar-refractivity contribution in [3.05, 3.63) is 24.0 Å². The molecule has 0 aromatic heterocycles. The topological polar surface area (TPSA) is 55.1 Å². The molecule has 0 bridgehead atoms. The van der Waals surface area contributed by atoms with Crippen LogP contribution in [-0.2, 0) is 4.79 Å². The van der Waals surface area contributed by atoms with Crippen molar-refractivity contribution in [2.45, 2.75) is 4.90 Å². The molecule has 0 unspecified atom stereocenters. The number of rotatable bonds is 4. The zero-order valence-corrected chi connectivity index (χ0v) is 9.31. The van der Waals surface area contributed by atoms with Crippen LogP contribution in [0, 0.1) is 18.2 Å². The highest BCUT2D eigenvalue weighted by molar-refractivity contribution is 8.00. The number of nitrogens with one attached hydrogen (secondary N) is 1. The van der Waals surface area contributed by atoms with Gasteiger partial charge in [0.25, 0.3) is 0 Å². The lowest BCUT2D eigenvalue weighted by Crippen LogP contribution is -2.25. The smallest absolute Gasteiger partial charge is 0.231 e. The number of benzene rings is 1. The molecule has 0 fully saturated rings. The fraction of sp³-hybridized carbons (Fsp3) is 0.182. The van der Waals surface area contributed by atoms with Gasteiger partial charge in [0, 0.05) is 10.6 Å². The number of thioether (sulfide) groups is 1. The highest BCUT2D eigenvalue weighted by Gasteiger charge is 2.05. The molecule has 0 atom stereocenters. The number of terminal acetylenes is 1. The molecule has 0 radical (unpaired) electrons. The van der Waals surface area contributed by atoms with E-state index in [1.54, 1.807) is 0 Å². The molecule has 0 saturated heterocycles. The van der Waals surface area contributed by atoms with Crippen LogP contribution in [0.15, 0.2) is 23.1 Å². The van der Waals surface area contributed by atoms with Gasteiger partial charge in [-0.25, -0.2) is 4.39 Å². The molecular weight excluding hydrogens is 227 g/mol. The predicted octanol–water partition coefficient (Wildman–Crippen LogP) is 1.25. The van der Waals surface area contributed by atoms with Crippen LogP contribution in [0.5, 0.6) is 0 Å². The molecule has 0 heterocycles. The van der Waals surface area contributed by atoms with Crippen molar-refractivity contribution in [1.29, 1.82) is 0 Å². The molecule has 84 valence electrons. The van der Waals surface area contributed by atoms with E-state index >= 15 is 0 Å². The van der Waals surface area contributed by atoms with E-state index in [-0.39, 0.29) is 24.0 Å². The molecule has 5 heteroatoms.